The molecule has 0 spiro atoms. The molecular weight excluding hydrogens is 1180 g/mol. The Morgan fingerprint density at radius 2 is 1.12 bits per heavy atom. The molecule has 0 aliphatic rings. The van der Waals surface area contributed by atoms with Crippen molar-refractivity contribution in [1.82, 2.24) is 14.1 Å². The Morgan fingerprint density at radius 3 is 1.73 bits per heavy atom. The molecule has 0 aliphatic carbocycles. The van der Waals surface area contributed by atoms with Crippen LogP contribution in [0.4, 0.5) is 0 Å². The zero-order valence-electron chi connectivity index (χ0n) is 52.1. The quantitative estimate of drug-likeness (QED) is 0.0735. The fraction of sp³-hybridized carbons (Fsp3) is 0.0571. The van der Waals surface area contributed by atoms with Crippen molar-refractivity contribution in [1.29, 1.82) is 0 Å². The van der Waals surface area contributed by atoms with Gasteiger partial charge in [0.2, 0.25) is 0 Å². The molecule has 0 amide bonds. The molecule has 13 rings (SSSR count). The van der Waals surface area contributed by atoms with Gasteiger partial charge in [0.15, 0.2) is 0 Å². The third-order valence-corrected chi connectivity index (χ3v) is 24.2. The van der Waals surface area contributed by atoms with E-state index in [0.29, 0.717) is 28.2 Å². The number of hydrogen-bond acceptors (Lipinski definition) is 2. The van der Waals surface area contributed by atoms with Gasteiger partial charge in [-0.3, -0.25) is 0 Å². The molecule has 0 aliphatic heterocycles. The van der Waals surface area contributed by atoms with Crippen LogP contribution in [0.1, 0.15) is 40.0 Å². The summed E-state index contributed by atoms with van der Waals surface area (Å²) < 4.78 is 106. The van der Waals surface area contributed by atoms with Crippen LogP contribution in [0.25, 0.3) is 72.3 Å². The van der Waals surface area contributed by atoms with Gasteiger partial charge in [-0.05, 0) is 11.1 Å². The van der Waals surface area contributed by atoms with Crippen LogP contribution in [0.15, 0.2) is 261 Å². The van der Waals surface area contributed by atoms with Gasteiger partial charge in [0, 0.05) is 21.1 Å². The monoisotopic (exact) mass is 1240 g/mol. The van der Waals surface area contributed by atoms with Crippen LogP contribution < -0.4 is 26.9 Å². The fourth-order valence-electron chi connectivity index (χ4n) is 10.7. The van der Waals surface area contributed by atoms with Gasteiger partial charge in [0.05, 0.1) is 13.7 Å². The summed E-state index contributed by atoms with van der Waals surface area (Å²) in [5.74, 6) is 1.51. The van der Waals surface area contributed by atoms with E-state index in [1.54, 1.807) is 27.3 Å². The second kappa shape index (κ2) is 20.6. The standard InChI is InChI=1S/C70H52GeN4O.Pt/c1-70(2,3)52-43-44-72-67(45-52)75-63-40-20-19-37-61(63)68-62(71(53-29-13-6-14-30-53,54-31-15-7-16-32-54)55-33-17-8-18-34-55)47-58(48-66(68)75)76-57-36-23-35-56(46-57)73-49-74(65-42-22-21-41-64(65)73)69-59(50-25-9-4-10-26-50)38-24-39-60(69)51-27-11-5-12-28-51;/h4-45,47H,1-3H3;/q-2;/i4D,5D,9D,10D,11D,12D,25D,26D,27D,28D;. The van der Waals surface area contributed by atoms with E-state index in [1.807, 2.05) is 48.7 Å². The second-order valence-corrected chi connectivity index (χ2v) is 27.5. The van der Waals surface area contributed by atoms with E-state index in [0.717, 1.165) is 37.6 Å². The van der Waals surface area contributed by atoms with Crippen molar-refractivity contribution in [2.24, 2.45) is 0 Å². The van der Waals surface area contributed by atoms with Crippen molar-refractivity contribution in [3.8, 4) is 50.9 Å². The Hall–Kier alpha value is -8.35. The zero-order valence-corrected chi connectivity index (χ0v) is 46.4. The van der Waals surface area contributed by atoms with Crippen LogP contribution in [0.2, 0.25) is 0 Å². The summed E-state index contributed by atoms with van der Waals surface area (Å²) in [6, 6.07) is 67.0. The molecule has 0 atom stereocenters. The molecule has 77 heavy (non-hydrogen) atoms. The van der Waals surface area contributed by atoms with Crippen molar-refractivity contribution in [2.75, 3.05) is 0 Å². The third-order valence-electron chi connectivity index (χ3n) is 14.1. The van der Waals surface area contributed by atoms with Crippen LogP contribution in [-0.2, 0) is 26.5 Å². The zero-order chi connectivity index (χ0) is 59.9. The maximum absolute atomic E-state index is 9.17. The molecule has 3 heterocycles. The predicted molar refractivity (Wildman–Crippen MR) is 313 cm³/mol. The first-order valence-corrected chi connectivity index (χ1v) is 29.3. The van der Waals surface area contributed by atoms with Gasteiger partial charge in [0.25, 0.3) is 0 Å². The van der Waals surface area contributed by atoms with Gasteiger partial charge >= 0.3 is 359 Å². The first-order valence-electron chi connectivity index (χ1n) is 30.1. The van der Waals surface area contributed by atoms with Crippen LogP contribution in [-0.4, -0.2) is 27.4 Å². The topological polar surface area (TPSA) is 35.9 Å². The molecule has 7 heteroatoms. The summed E-state index contributed by atoms with van der Waals surface area (Å²) in [4.78, 5) is 5.07. The molecule has 10 aromatic carbocycles. The van der Waals surface area contributed by atoms with Gasteiger partial charge < -0.3 is 0 Å². The van der Waals surface area contributed by atoms with E-state index in [1.165, 1.54) is 13.2 Å². The number of rotatable bonds is 11. The van der Waals surface area contributed by atoms with Gasteiger partial charge in [-0.1, -0.05) is 78.6 Å². The van der Waals surface area contributed by atoms with Gasteiger partial charge in [0.1, 0.15) is 0 Å². The molecule has 0 saturated heterocycles. The Kier molecular flexibility index (Phi) is 10.5. The maximum atomic E-state index is 9.17. The number of nitrogens with zero attached hydrogens (tertiary/aromatic N) is 4. The molecule has 0 bridgehead atoms. The Bertz CT molecular complexity index is 4620. The number of hydrogen-bond donors (Lipinski definition) is 0. The van der Waals surface area contributed by atoms with Crippen molar-refractivity contribution >= 4 is 63.7 Å². The number of pyridine rings is 1. The molecule has 3 aromatic heterocycles. The Labute approximate surface area is 481 Å². The summed E-state index contributed by atoms with van der Waals surface area (Å²) in [7, 11) is 0. The average molecular weight is 1240 g/mol. The Morgan fingerprint density at radius 1 is 0.558 bits per heavy atom. The molecule has 0 saturated carbocycles. The van der Waals surface area contributed by atoms with E-state index < -0.39 is 73.7 Å². The van der Waals surface area contributed by atoms with Crippen molar-refractivity contribution in [2.45, 2.75) is 26.2 Å². The van der Waals surface area contributed by atoms with E-state index in [2.05, 4.69) is 177 Å². The number of benzene rings is 10. The summed E-state index contributed by atoms with van der Waals surface area (Å²) in [5.41, 5.74) is 4.41. The molecule has 0 unspecified atom stereocenters. The molecule has 13 aromatic rings. The van der Waals surface area contributed by atoms with Crippen LogP contribution in [0.5, 0.6) is 11.5 Å². The van der Waals surface area contributed by atoms with Gasteiger partial charge in [-0.15, -0.1) is 0 Å². The minimum absolute atomic E-state index is 0. The minimum atomic E-state index is -4.17. The molecular formula is C70H52GeN4OPt-2. The number of para-hydroxylation sites is 4. The van der Waals surface area contributed by atoms with Crippen molar-refractivity contribution in [3.05, 3.63) is 285 Å². The first-order chi connectivity index (χ1) is 41.5. The summed E-state index contributed by atoms with van der Waals surface area (Å²) in [6.45, 7) is 6.58. The van der Waals surface area contributed by atoms with Crippen molar-refractivity contribution < 1.29 is 44.1 Å². The van der Waals surface area contributed by atoms with E-state index in [4.69, 9.17) is 23.4 Å². The number of aromatic nitrogens is 4. The van der Waals surface area contributed by atoms with Crippen LogP contribution in [0, 0.1) is 18.5 Å². The smallest absolute Gasteiger partial charge is 0.0617 e. The minimum Gasteiger partial charge on any atom is -0.0617 e. The van der Waals surface area contributed by atoms with Gasteiger partial charge in [-0.25, -0.2) is 0 Å². The van der Waals surface area contributed by atoms with E-state index >= 15 is 0 Å². The SMILES string of the molecule is [2H]c1c([2H])c([2H])c(-c2cccc(-c3c([2H])c([2H])c([2H])c([2H])c3[2H])c2-[n+]2[c-]n(-c3[c-]c(Oc4[c-]c5c([c]([Ge]([c]6ccccc6)([c]6ccccc6)[c]6ccccc6)c4)c4ccccc4n5-c4cc(C(C)(C)C)ccn4)ccc3)c3ccccc32)c([2H])c1[2H].[Pt]. The van der Waals surface area contributed by atoms with Gasteiger partial charge in [-0.2, -0.15) is 0 Å². The van der Waals surface area contributed by atoms with Crippen molar-refractivity contribution in [3.63, 3.8) is 0 Å². The first kappa shape index (κ1) is 39.1. The largest absolute Gasteiger partial charge is 0.0629 e. The maximum Gasteiger partial charge on any atom is 0.0629 e. The third kappa shape index (κ3) is 8.84. The predicted octanol–water partition coefficient (Wildman–Crippen LogP) is 13.6. The number of fused-ring (bicyclic) bond motifs is 4. The second-order valence-electron chi connectivity index (χ2n) is 19.6. The molecule has 5 nitrogen and oxygen atoms in total. The summed E-state index contributed by atoms with van der Waals surface area (Å²) in [5, 5.41) is 2.08. The van der Waals surface area contributed by atoms with Crippen LogP contribution >= 0.6 is 0 Å². The number of imidazole rings is 1. The Balaban J connectivity index is 0.00000739. The molecule has 0 fully saturated rings. The van der Waals surface area contributed by atoms with E-state index in [9.17, 15) is 0 Å². The fourth-order valence-corrected chi connectivity index (χ4v) is 21.2. The summed E-state index contributed by atoms with van der Waals surface area (Å²) >= 11 is -4.17. The van der Waals surface area contributed by atoms with Crippen LogP contribution in [0.3, 0.4) is 0 Å². The molecule has 0 N–H and O–H groups in total. The molecule has 374 valence electrons. The summed E-state index contributed by atoms with van der Waals surface area (Å²) in [6.07, 6.45) is 5.36. The number of ether oxygens (including phenoxy) is 1. The molecule has 0 radical (unpaired) electrons. The normalized spacial score (nSPS) is 13.5. The average Bonchev–Trinajstić information content (AvgIpc) is 1.70. The van der Waals surface area contributed by atoms with E-state index in [-0.39, 0.29) is 54.4 Å².